The minimum atomic E-state index is 0.414. The van der Waals surface area contributed by atoms with Gasteiger partial charge in [-0.2, -0.15) is 0 Å². The molecule has 6 heteroatoms. The monoisotopic (exact) mass is 369 g/mol. The van der Waals surface area contributed by atoms with Gasteiger partial charge < -0.3 is 10.1 Å². The molecule has 1 heterocycles. The Morgan fingerprint density at radius 3 is 2.81 bits per heavy atom. The summed E-state index contributed by atoms with van der Waals surface area (Å²) in [6, 6.07) is 7.51. The number of nitrogens with zero attached hydrogens (tertiary/aromatic N) is 2. The Balaban J connectivity index is 2.47. The van der Waals surface area contributed by atoms with Crippen molar-refractivity contribution < 1.29 is 4.74 Å². The second kappa shape index (κ2) is 7.73. The van der Waals surface area contributed by atoms with Crippen LogP contribution in [0, 0.1) is 0 Å². The van der Waals surface area contributed by atoms with Crippen molar-refractivity contribution in [3.05, 3.63) is 39.5 Å². The summed E-state index contributed by atoms with van der Waals surface area (Å²) in [4.78, 5) is 9.14. The predicted molar refractivity (Wildman–Crippen MR) is 89.7 cm³/mol. The molecular formula is C15H17BrClN3O. The molecule has 0 aliphatic rings. The summed E-state index contributed by atoms with van der Waals surface area (Å²) in [7, 11) is 1.65. The molecule has 0 radical (unpaired) electrons. The van der Waals surface area contributed by atoms with E-state index in [0.29, 0.717) is 17.5 Å². The highest BCUT2D eigenvalue weighted by Crippen LogP contribution is 2.28. The van der Waals surface area contributed by atoms with E-state index in [0.717, 1.165) is 34.5 Å². The van der Waals surface area contributed by atoms with Gasteiger partial charge in [-0.15, -0.1) is 0 Å². The summed E-state index contributed by atoms with van der Waals surface area (Å²) in [5.74, 6) is 1.40. The zero-order valence-electron chi connectivity index (χ0n) is 12.0. The zero-order valence-corrected chi connectivity index (χ0v) is 14.3. The van der Waals surface area contributed by atoms with Crippen LogP contribution in [0.5, 0.6) is 0 Å². The van der Waals surface area contributed by atoms with Crippen LogP contribution in [0.25, 0.3) is 11.4 Å². The van der Waals surface area contributed by atoms with Gasteiger partial charge in [-0.3, -0.25) is 0 Å². The molecule has 0 unspecified atom stereocenters. The van der Waals surface area contributed by atoms with E-state index in [2.05, 4.69) is 38.1 Å². The van der Waals surface area contributed by atoms with Crippen molar-refractivity contribution >= 4 is 33.3 Å². The zero-order chi connectivity index (χ0) is 15.2. The number of aromatic nitrogens is 2. The molecule has 4 nitrogen and oxygen atoms in total. The van der Waals surface area contributed by atoms with Crippen molar-refractivity contribution in [2.75, 3.05) is 19.0 Å². The van der Waals surface area contributed by atoms with Gasteiger partial charge >= 0.3 is 0 Å². The Bertz CT molecular complexity index is 622. The fraction of sp³-hybridized carbons (Fsp3) is 0.333. The van der Waals surface area contributed by atoms with E-state index in [-0.39, 0.29) is 0 Å². The maximum absolute atomic E-state index is 6.05. The summed E-state index contributed by atoms with van der Waals surface area (Å²) >= 11 is 9.59. The van der Waals surface area contributed by atoms with Gasteiger partial charge in [-0.05, 0) is 34.5 Å². The average molecular weight is 371 g/mol. The molecule has 0 fully saturated rings. The molecule has 0 aliphatic heterocycles. The van der Waals surface area contributed by atoms with E-state index in [4.69, 9.17) is 16.3 Å². The first-order valence-electron chi connectivity index (χ1n) is 6.70. The first kappa shape index (κ1) is 16.2. The van der Waals surface area contributed by atoms with Gasteiger partial charge in [0.25, 0.3) is 0 Å². The van der Waals surface area contributed by atoms with E-state index in [1.807, 2.05) is 24.3 Å². The van der Waals surface area contributed by atoms with Crippen molar-refractivity contribution in [2.45, 2.75) is 20.0 Å². The third-order valence-corrected chi connectivity index (χ3v) is 3.89. The molecule has 0 atom stereocenters. The van der Waals surface area contributed by atoms with Crippen LogP contribution < -0.4 is 5.32 Å². The summed E-state index contributed by atoms with van der Waals surface area (Å²) < 4.78 is 6.05. The van der Waals surface area contributed by atoms with Crippen LogP contribution in [0.15, 0.2) is 28.7 Å². The fourth-order valence-electron chi connectivity index (χ4n) is 1.84. The number of benzene rings is 1. The lowest BCUT2D eigenvalue weighted by Gasteiger charge is -2.12. The van der Waals surface area contributed by atoms with Crippen LogP contribution in [-0.4, -0.2) is 23.6 Å². The van der Waals surface area contributed by atoms with Crippen molar-refractivity contribution in [1.82, 2.24) is 9.97 Å². The van der Waals surface area contributed by atoms with Crippen molar-refractivity contribution in [3.8, 4) is 11.4 Å². The van der Waals surface area contributed by atoms with Crippen LogP contribution in [0.4, 0.5) is 5.82 Å². The third kappa shape index (κ3) is 4.15. The van der Waals surface area contributed by atoms with E-state index < -0.39 is 0 Å². The van der Waals surface area contributed by atoms with Gasteiger partial charge in [-0.1, -0.05) is 30.7 Å². The molecule has 0 aliphatic carbocycles. The molecule has 0 bridgehead atoms. The SMILES string of the molecule is CCCNc1nc(-c2cccc(Cl)c2)nc(COC)c1Br. The predicted octanol–water partition coefficient (Wildman–Crippen LogP) is 4.53. The lowest BCUT2D eigenvalue weighted by atomic mass is 10.2. The minimum absolute atomic E-state index is 0.414. The second-order valence-corrected chi connectivity index (χ2v) is 5.76. The van der Waals surface area contributed by atoms with Gasteiger partial charge in [0.05, 0.1) is 16.8 Å². The lowest BCUT2D eigenvalue weighted by molar-refractivity contribution is 0.181. The normalized spacial score (nSPS) is 10.7. The highest BCUT2D eigenvalue weighted by molar-refractivity contribution is 9.10. The highest BCUT2D eigenvalue weighted by atomic mass is 79.9. The molecule has 112 valence electrons. The standard InChI is InChI=1S/C15H17BrClN3O/c1-3-7-18-15-13(16)12(9-21-2)19-14(20-15)10-5-4-6-11(17)8-10/h4-6,8H,3,7,9H2,1-2H3,(H,18,19,20). The molecule has 0 spiro atoms. The molecule has 1 aromatic carbocycles. The number of rotatable bonds is 6. The Morgan fingerprint density at radius 1 is 1.33 bits per heavy atom. The first-order valence-corrected chi connectivity index (χ1v) is 7.88. The van der Waals surface area contributed by atoms with Crippen LogP contribution in [-0.2, 0) is 11.3 Å². The van der Waals surface area contributed by atoms with E-state index in [9.17, 15) is 0 Å². The van der Waals surface area contributed by atoms with Gasteiger partial charge in [-0.25, -0.2) is 9.97 Å². The van der Waals surface area contributed by atoms with Crippen molar-refractivity contribution in [2.24, 2.45) is 0 Å². The molecule has 21 heavy (non-hydrogen) atoms. The van der Waals surface area contributed by atoms with Crippen LogP contribution in [0.1, 0.15) is 19.0 Å². The minimum Gasteiger partial charge on any atom is -0.378 e. The van der Waals surface area contributed by atoms with E-state index >= 15 is 0 Å². The second-order valence-electron chi connectivity index (χ2n) is 4.53. The molecule has 0 saturated carbocycles. The number of anilines is 1. The molecule has 2 aromatic rings. The number of hydrogen-bond acceptors (Lipinski definition) is 4. The number of methoxy groups -OCH3 is 1. The summed E-state index contributed by atoms with van der Waals surface area (Å²) in [5, 5.41) is 3.96. The Morgan fingerprint density at radius 2 is 2.14 bits per heavy atom. The number of halogens is 2. The summed E-state index contributed by atoms with van der Waals surface area (Å²) in [6.07, 6.45) is 1.02. The molecule has 0 amide bonds. The molecule has 0 saturated heterocycles. The fourth-order valence-corrected chi connectivity index (χ4v) is 2.47. The Hall–Kier alpha value is -1.17. The average Bonchev–Trinajstić information content (AvgIpc) is 2.48. The Labute approximate surface area is 138 Å². The molecule has 1 aromatic heterocycles. The van der Waals surface area contributed by atoms with Gasteiger partial charge in [0.1, 0.15) is 5.82 Å². The largest absolute Gasteiger partial charge is 0.378 e. The molecule has 1 N–H and O–H groups in total. The Kier molecular flexibility index (Phi) is 5.96. The number of ether oxygens (including phenoxy) is 1. The van der Waals surface area contributed by atoms with E-state index in [1.54, 1.807) is 7.11 Å². The summed E-state index contributed by atoms with van der Waals surface area (Å²) in [6.45, 7) is 3.37. The molecular weight excluding hydrogens is 354 g/mol. The molecule has 2 rings (SSSR count). The maximum Gasteiger partial charge on any atom is 0.161 e. The van der Waals surface area contributed by atoms with E-state index in [1.165, 1.54) is 0 Å². The lowest BCUT2D eigenvalue weighted by Crippen LogP contribution is -2.08. The van der Waals surface area contributed by atoms with Crippen LogP contribution >= 0.6 is 27.5 Å². The maximum atomic E-state index is 6.05. The van der Waals surface area contributed by atoms with Crippen molar-refractivity contribution in [1.29, 1.82) is 0 Å². The van der Waals surface area contributed by atoms with Crippen molar-refractivity contribution in [3.63, 3.8) is 0 Å². The quantitative estimate of drug-likeness (QED) is 0.811. The highest BCUT2D eigenvalue weighted by Gasteiger charge is 2.13. The first-order chi connectivity index (χ1) is 10.2. The van der Waals surface area contributed by atoms with Gasteiger partial charge in [0.2, 0.25) is 0 Å². The number of nitrogens with one attached hydrogen (secondary N) is 1. The van der Waals surface area contributed by atoms with Gasteiger partial charge in [0, 0.05) is 24.2 Å². The van der Waals surface area contributed by atoms with Gasteiger partial charge in [0.15, 0.2) is 5.82 Å². The van der Waals surface area contributed by atoms with Crippen LogP contribution in [0.3, 0.4) is 0 Å². The number of hydrogen-bond donors (Lipinski definition) is 1. The third-order valence-electron chi connectivity index (χ3n) is 2.83. The summed E-state index contributed by atoms with van der Waals surface area (Å²) in [5.41, 5.74) is 1.69. The topological polar surface area (TPSA) is 47.0 Å². The smallest absolute Gasteiger partial charge is 0.161 e. The van der Waals surface area contributed by atoms with Crippen LogP contribution in [0.2, 0.25) is 5.02 Å².